The summed E-state index contributed by atoms with van der Waals surface area (Å²) in [5.74, 6) is -1.09. The molecule has 1 aliphatic rings. The lowest BCUT2D eigenvalue weighted by Crippen LogP contribution is -2.32. The Balaban J connectivity index is 0.000000196. The molecule has 0 bridgehead atoms. The average Bonchev–Trinajstić information content (AvgIpc) is 3.15. The number of benzene rings is 2. The minimum Gasteiger partial charge on any atom is -0.784 e. The number of Topliss-reactive ketones (excluding diaryl/α,β-unsaturated/α-hetero) is 1. The van der Waals surface area contributed by atoms with Crippen LogP contribution < -0.4 is 5.73 Å². The van der Waals surface area contributed by atoms with E-state index in [1.807, 2.05) is 30.5 Å². The van der Waals surface area contributed by atoms with Gasteiger partial charge in [-0.25, -0.2) is 0 Å². The second kappa shape index (κ2) is 11.3. The monoisotopic (exact) mass is 456 g/mol. The Bertz CT molecular complexity index is 1200. The average molecular weight is 456 g/mol. The second-order valence-electron chi connectivity index (χ2n) is 6.78. The minimum atomic E-state index is -3.11. The number of para-hydroxylation sites is 1. The highest BCUT2D eigenvalue weighted by Gasteiger charge is 2.21. The number of rotatable bonds is 3. The van der Waals surface area contributed by atoms with Gasteiger partial charge in [0.2, 0.25) is 0 Å². The number of nitrogens with one attached hydrogen (secondary N) is 1. The summed E-state index contributed by atoms with van der Waals surface area (Å²) in [6, 6.07) is 13.8. The minimum absolute atomic E-state index is 0.0461. The molecule has 0 spiro atoms. The zero-order valence-electron chi connectivity index (χ0n) is 16.9. The molecule has 0 saturated carbocycles. The van der Waals surface area contributed by atoms with Crippen LogP contribution in [0.15, 0.2) is 66.4 Å². The Labute approximate surface area is 186 Å². The van der Waals surface area contributed by atoms with Crippen LogP contribution in [0.25, 0.3) is 10.9 Å². The summed E-state index contributed by atoms with van der Waals surface area (Å²) < 4.78 is 25.3. The maximum absolute atomic E-state index is 11.5. The molecule has 1 aromatic heterocycles. The number of H-pyrrole nitrogens is 1. The Morgan fingerprint density at radius 3 is 2.28 bits per heavy atom. The van der Waals surface area contributed by atoms with Crippen molar-refractivity contribution in [3.8, 4) is 0 Å². The molecule has 0 saturated heterocycles. The second-order valence-corrected chi connectivity index (χ2v) is 7.19. The third-order valence-electron chi connectivity index (χ3n) is 4.57. The summed E-state index contributed by atoms with van der Waals surface area (Å²) in [5, 5.41) is 9.75. The van der Waals surface area contributed by atoms with Gasteiger partial charge in [-0.15, -0.1) is 11.4 Å². The van der Waals surface area contributed by atoms with Gasteiger partial charge in [0.15, 0.2) is 11.6 Å². The molecule has 1 unspecified atom stereocenters. The van der Waals surface area contributed by atoms with E-state index >= 15 is 0 Å². The predicted octanol–water partition coefficient (Wildman–Crippen LogP) is 2.13. The van der Waals surface area contributed by atoms with E-state index in [1.54, 1.807) is 31.2 Å². The summed E-state index contributed by atoms with van der Waals surface area (Å²) in [4.78, 5) is 36.7. The Hall–Kier alpha value is -3.44. The Kier molecular flexibility index (Phi) is 8.73. The van der Waals surface area contributed by atoms with Gasteiger partial charge in [0.1, 0.15) is 6.04 Å². The van der Waals surface area contributed by atoms with Crippen LogP contribution in [0, 0.1) is 0 Å². The van der Waals surface area contributed by atoms with Crippen molar-refractivity contribution in [2.45, 2.75) is 19.4 Å². The zero-order valence-corrected chi connectivity index (χ0v) is 17.8. The van der Waals surface area contributed by atoms with Gasteiger partial charge in [0.05, 0.1) is 0 Å². The standard InChI is InChI=1S/C11H12N2O2.C11H8O2.H2O3S/c12-9(11(14)15)5-7-6-13-10-4-2-1-3-8(7)10;1-7-6-10(12)8-4-2-3-5-9(8)11(7)13;1-4(2)3/h1-4,6,9,13H,5,12H2,(H,14,15);2-6H,1H3;(H2,1,2,3)/p-2. The summed E-state index contributed by atoms with van der Waals surface area (Å²) >= 11 is -3.11. The normalized spacial score (nSPS) is 13.3. The number of aliphatic carboxylic acids is 1. The molecule has 0 aliphatic heterocycles. The van der Waals surface area contributed by atoms with E-state index in [-0.39, 0.29) is 11.6 Å². The number of hydrogen-bond donors (Lipinski definition) is 3. The SMILES string of the molecule is CC1=CC(=O)c2ccccc2C1=O.NC(Cc1c[nH]c2ccccc12)C(=O)O.O=S([O-])[O-]. The molecule has 0 fully saturated rings. The van der Waals surface area contributed by atoms with Crippen molar-refractivity contribution < 1.29 is 32.8 Å². The van der Waals surface area contributed by atoms with E-state index in [9.17, 15) is 14.4 Å². The topological polar surface area (TPSA) is 176 Å². The molecule has 1 atom stereocenters. The fraction of sp³-hybridized carbons (Fsp3) is 0.136. The summed E-state index contributed by atoms with van der Waals surface area (Å²) in [5.41, 5.74) is 8.99. The number of aromatic nitrogens is 1. The van der Waals surface area contributed by atoms with E-state index < -0.39 is 23.4 Å². The van der Waals surface area contributed by atoms with E-state index in [4.69, 9.17) is 24.2 Å². The van der Waals surface area contributed by atoms with Crippen LogP contribution in [-0.2, 0) is 22.6 Å². The van der Waals surface area contributed by atoms with Gasteiger partial charge < -0.3 is 24.9 Å². The number of carbonyl (C=O) groups excluding carboxylic acids is 2. The lowest BCUT2D eigenvalue weighted by molar-refractivity contribution is -0.138. The first-order chi connectivity index (χ1) is 15.1. The third-order valence-corrected chi connectivity index (χ3v) is 4.57. The van der Waals surface area contributed by atoms with Crippen molar-refractivity contribution in [1.82, 2.24) is 4.98 Å². The molecule has 1 aliphatic carbocycles. The molecule has 4 rings (SSSR count). The van der Waals surface area contributed by atoms with Gasteiger partial charge in [0, 0.05) is 40.2 Å². The van der Waals surface area contributed by atoms with Crippen molar-refractivity contribution >= 4 is 39.8 Å². The van der Waals surface area contributed by atoms with Gasteiger partial charge in [-0.2, -0.15) is 0 Å². The first kappa shape index (κ1) is 24.8. The van der Waals surface area contributed by atoms with Gasteiger partial charge in [-0.1, -0.05) is 42.5 Å². The van der Waals surface area contributed by atoms with Crippen LogP contribution in [0.5, 0.6) is 0 Å². The molecule has 3 aromatic rings. The zero-order chi connectivity index (χ0) is 23.8. The lowest BCUT2D eigenvalue weighted by Gasteiger charge is -2.11. The number of hydrogen-bond acceptors (Lipinski definition) is 7. The number of carbonyl (C=O) groups is 3. The van der Waals surface area contributed by atoms with E-state index in [2.05, 4.69) is 4.98 Å². The molecule has 2 aromatic carbocycles. The lowest BCUT2D eigenvalue weighted by atomic mass is 9.90. The fourth-order valence-corrected chi connectivity index (χ4v) is 3.07. The Morgan fingerprint density at radius 2 is 1.66 bits per heavy atom. The van der Waals surface area contributed by atoms with Gasteiger partial charge in [-0.05, 0) is 24.6 Å². The van der Waals surface area contributed by atoms with E-state index in [1.165, 1.54) is 6.08 Å². The highest BCUT2D eigenvalue weighted by Crippen LogP contribution is 2.20. The maximum atomic E-state index is 11.5. The number of fused-ring (bicyclic) bond motifs is 2. The van der Waals surface area contributed by atoms with Crippen molar-refractivity contribution in [3.05, 3.63) is 83.1 Å². The van der Waals surface area contributed by atoms with Crippen LogP contribution in [0.4, 0.5) is 0 Å². The van der Waals surface area contributed by atoms with E-state index in [0.717, 1.165) is 16.5 Å². The Morgan fingerprint density at radius 1 is 1.09 bits per heavy atom. The number of ketones is 2. The van der Waals surface area contributed by atoms with Gasteiger partial charge in [-0.3, -0.25) is 18.6 Å². The number of aromatic amines is 1. The van der Waals surface area contributed by atoms with Crippen molar-refractivity contribution in [2.75, 3.05) is 0 Å². The van der Waals surface area contributed by atoms with Crippen molar-refractivity contribution in [3.63, 3.8) is 0 Å². The molecule has 1 heterocycles. The molecule has 32 heavy (non-hydrogen) atoms. The van der Waals surface area contributed by atoms with Crippen molar-refractivity contribution in [2.24, 2.45) is 5.73 Å². The molecule has 9 nitrogen and oxygen atoms in total. The van der Waals surface area contributed by atoms with Gasteiger partial charge in [0.25, 0.3) is 0 Å². The summed E-state index contributed by atoms with van der Waals surface area (Å²) in [6.45, 7) is 1.66. The highest BCUT2D eigenvalue weighted by molar-refractivity contribution is 7.72. The molecule has 4 N–H and O–H groups in total. The van der Waals surface area contributed by atoms with Crippen LogP contribution in [0.3, 0.4) is 0 Å². The summed E-state index contributed by atoms with van der Waals surface area (Å²) in [7, 11) is 0. The molecule has 10 heteroatoms. The van der Waals surface area contributed by atoms with Crippen LogP contribution >= 0.6 is 0 Å². The van der Waals surface area contributed by atoms with E-state index in [0.29, 0.717) is 23.1 Å². The molecule has 0 amide bonds. The molecule has 0 radical (unpaired) electrons. The maximum Gasteiger partial charge on any atom is 0.320 e. The molecule has 168 valence electrons. The van der Waals surface area contributed by atoms with Crippen LogP contribution in [-0.4, -0.2) is 47.0 Å². The fourth-order valence-electron chi connectivity index (χ4n) is 3.07. The number of nitrogens with two attached hydrogens (primary N) is 1. The molecular formula is C22H20N2O7S-2. The van der Waals surface area contributed by atoms with Crippen LogP contribution in [0.2, 0.25) is 0 Å². The van der Waals surface area contributed by atoms with Crippen LogP contribution in [0.1, 0.15) is 33.2 Å². The highest BCUT2D eigenvalue weighted by atomic mass is 32.2. The summed E-state index contributed by atoms with van der Waals surface area (Å²) in [6.07, 6.45) is 3.55. The first-order valence-electron chi connectivity index (χ1n) is 9.28. The smallest absolute Gasteiger partial charge is 0.320 e. The molecular weight excluding hydrogens is 436 g/mol. The number of carboxylic acids is 1. The van der Waals surface area contributed by atoms with Crippen molar-refractivity contribution in [1.29, 1.82) is 0 Å². The predicted molar refractivity (Wildman–Crippen MR) is 116 cm³/mol. The quantitative estimate of drug-likeness (QED) is 0.502. The largest absolute Gasteiger partial charge is 0.784 e. The van der Waals surface area contributed by atoms with Gasteiger partial charge >= 0.3 is 5.97 Å². The number of carboxylic acid groups (broad SMARTS) is 1. The third kappa shape index (κ3) is 6.53. The number of allylic oxidation sites excluding steroid dienone is 2. The first-order valence-corrected chi connectivity index (χ1v) is 10.3.